The fourth-order valence-corrected chi connectivity index (χ4v) is 3.89. The van der Waals surface area contributed by atoms with Crippen LogP contribution in [0.15, 0.2) is 48.5 Å². The third kappa shape index (κ3) is 5.53. The fraction of sp³-hybridized carbons (Fsp3) is 0.423. The maximum Gasteiger partial charge on any atom is 0.180 e. The van der Waals surface area contributed by atoms with Gasteiger partial charge in [0.15, 0.2) is 11.6 Å². The number of unbranched alkanes of at least 4 members (excludes halogenated alkanes) is 3. The number of H-pyrrole nitrogens is 1. The molecule has 2 heterocycles. The Morgan fingerprint density at radius 2 is 1.67 bits per heavy atom. The predicted molar refractivity (Wildman–Crippen MR) is 131 cm³/mol. The van der Waals surface area contributed by atoms with Crippen LogP contribution >= 0.6 is 0 Å². The molecule has 1 N–H and O–H groups in total. The molecule has 0 amide bonds. The van der Waals surface area contributed by atoms with E-state index in [1.807, 2.05) is 18.2 Å². The number of hydrogen-bond donors (Lipinski definition) is 1. The van der Waals surface area contributed by atoms with Crippen LogP contribution in [0.1, 0.15) is 70.6 Å². The summed E-state index contributed by atoms with van der Waals surface area (Å²) in [6.45, 7) is 9.68. The van der Waals surface area contributed by atoms with Gasteiger partial charge in [0.25, 0.3) is 0 Å². The molecule has 7 nitrogen and oxygen atoms in total. The molecular weight excluding hydrogens is 410 g/mol. The van der Waals surface area contributed by atoms with Crippen LogP contribution in [0, 0.1) is 0 Å². The Bertz CT molecular complexity index is 1150. The molecule has 0 aliphatic rings. The van der Waals surface area contributed by atoms with Crippen LogP contribution in [0.5, 0.6) is 0 Å². The van der Waals surface area contributed by atoms with Gasteiger partial charge in [-0.05, 0) is 33.5 Å². The number of nitrogens with one attached hydrogen (secondary N) is 1. The lowest BCUT2D eigenvalue weighted by Gasteiger charge is -2.12. The summed E-state index contributed by atoms with van der Waals surface area (Å²) in [5.41, 5.74) is 4.36. The van der Waals surface area contributed by atoms with Gasteiger partial charge in [0.1, 0.15) is 5.82 Å². The number of rotatable bonds is 9. The molecule has 4 aromatic rings. The maximum absolute atomic E-state index is 4.93. The first-order chi connectivity index (χ1) is 16.0. The molecule has 0 spiro atoms. The summed E-state index contributed by atoms with van der Waals surface area (Å²) in [6.07, 6.45) is 5.64. The highest BCUT2D eigenvalue weighted by Gasteiger charge is 2.22. The molecule has 2 aromatic heterocycles. The summed E-state index contributed by atoms with van der Waals surface area (Å²) in [7, 11) is 0. The molecule has 4 rings (SSSR count). The van der Waals surface area contributed by atoms with Gasteiger partial charge in [-0.25, -0.2) is 14.8 Å². The van der Waals surface area contributed by atoms with Gasteiger partial charge in [-0.3, -0.25) is 0 Å². The van der Waals surface area contributed by atoms with E-state index in [1.165, 1.54) is 24.8 Å². The first-order valence-corrected chi connectivity index (χ1v) is 11.8. The molecule has 0 unspecified atom stereocenters. The monoisotopic (exact) mass is 443 g/mol. The molecule has 0 atom stereocenters. The van der Waals surface area contributed by atoms with Gasteiger partial charge in [0.2, 0.25) is 0 Å². The number of aromatic nitrogens is 7. The summed E-state index contributed by atoms with van der Waals surface area (Å²) in [4.78, 5) is 4.93. The quantitative estimate of drug-likeness (QED) is 0.341. The maximum atomic E-state index is 4.93. The second kappa shape index (κ2) is 10.1. The van der Waals surface area contributed by atoms with Crippen molar-refractivity contribution in [1.29, 1.82) is 0 Å². The van der Waals surface area contributed by atoms with Crippen LogP contribution in [-0.4, -0.2) is 35.4 Å². The van der Waals surface area contributed by atoms with Crippen LogP contribution in [0.2, 0.25) is 0 Å². The van der Waals surface area contributed by atoms with Crippen molar-refractivity contribution >= 4 is 0 Å². The van der Waals surface area contributed by atoms with Gasteiger partial charge in [-0.15, -0.1) is 5.10 Å². The van der Waals surface area contributed by atoms with Crippen molar-refractivity contribution in [1.82, 2.24) is 35.4 Å². The lowest BCUT2D eigenvalue weighted by Crippen LogP contribution is -2.14. The van der Waals surface area contributed by atoms with Crippen LogP contribution in [-0.2, 0) is 18.4 Å². The first-order valence-electron chi connectivity index (χ1n) is 11.8. The Labute approximate surface area is 195 Å². The standard InChI is InChI=1S/C26H33N7/c1-5-6-7-10-17-33-23(27-25(30-33)26(2,3)4)18-19-13-15-20(16-14-19)21-11-8-9-12-22(21)24-28-31-32-29-24/h8-9,11-16H,5-7,10,17-18H2,1-4H3,(H,28,29,31,32). The Morgan fingerprint density at radius 1 is 0.909 bits per heavy atom. The van der Waals surface area contributed by atoms with Gasteiger partial charge in [-0.2, -0.15) is 5.10 Å². The summed E-state index contributed by atoms with van der Waals surface area (Å²) < 4.78 is 2.12. The molecule has 0 aliphatic carbocycles. The van der Waals surface area contributed by atoms with Crippen molar-refractivity contribution in [3.63, 3.8) is 0 Å². The lowest BCUT2D eigenvalue weighted by molar-refractivity contribution is 0.498. The summed E-state index contributed by atoms with van der Waals surface area (Å²) in [6, 6.07) is 16.8. The van der Waals surface area contributed by atoms with Crippen molar-refractivity contribution in [3.8, 4) is 22.5 Å². The highest BCUT2D eigenvalue weighted by Crippen LogP contribution is 2.30. The minimum atomic E-state index is -0.0629. The lowest BCUT2D eigenvalue weighted by atomic mass is 9.96. The molecule has 0 bridgehead atoms. The second-order valence-corrected chi connectivity index (χ2v) is 9.55. The number of aromatic amines is 1. The van der Waals surface area contributed by atoms with Crippen LogP contribution in [0.25, 0.3) is 22.5 Å². The third-order valence-corrected chi connectivity index (χ3v) is 5.80. The highest BCUT2D eigenvalue weighted by molar-refractivity contribution is 5.80. The fourth-order valence-electron chi connectivity index (χ4n) is 3.89. The molecule has 0 saturated carbocycles. The largest absolute Gasteiger partial charge is 0.249 e. The van der Waals surface area contributed by atoms with E-state index in [4.69, 9.17) is 10.1 Å². The Morgan fingerprint density at radius 3 is 2.33 bits per heavy atom. The molecule has 0 saturated heterocycles. The first kappa shape index (κ1) is 22.8. The minimum absolute atomic E-state index is 0.0629. The van der Waals surface area contributed by atoms with E-state index in [2.05, 4.69) is 83.3 Å². The zero-order chi connectivity index (χ0) is 23.3. The van der Waals surface area contributed by atoms with Gasteiger partial charge in [-0.1, -0.05) is 95.5 Å². The van der Waals surface area contributed by atoms with Gasteiger partial charge in [0, 0.05) is 23.9 Å². The van der Waals surface area contributed by atoms with Crippen molar-refractivity contribution in [2.75, 3.05) is 0 Å². The number of tetrazole rings is 1. The normalized spacial score (nSPS) is 11.8. The average molecular weight is 444 g/mol. The molecule has 0 aliphatic heterocycles. The van der Waals surface area contributed by atoms with Crippen molar-refractivity contribution < 1.29 is 0 Å². The molecule has 7 heteroatoms. The van der Waals surface area contributed by atoms with Crippen LogP contribution < -0.4 is 0 Å². The van der Waals surface area contributed by atoms with E-state index < -0.39 is 0 Å². The van der Waals surface area contributed by atoms with Crippen LogP contribution in [0.3, 0.4) is 0 Å². The van der Waals surface area contributed by atoms with Gasteiger partial charge in [0.05, 0.1) is 0 Å². The Kier molecular flexibility index (Phi) is 6.96. The topological polar surface area (TPSA) is 85.2 Å². The highest BCUT2D eigenvalue weighted by atomic mass is 15.5. The van der Waals surface area contributed by atoms with E-state index in [0.29, 0.717) is 5.82 Å². The van der Waals surface area contributed by atoms with E-state index in [0.717, 1.165) is 47.7 Å². The summed E-state index contributed by atoms with van der Waals surface area (Å²) in [5.74, 6) is 2.62. The number of hydrogen-bond acceptors (Lipinski definition) is 5. The third-order valence-electron chi connectivity index (χ3n) is 5.80. The molecule has 33 heavy (non-hydrogen) atoms. The Hall–Kier alpha value is -3.35. The average Bonchev–Trinajstić information content (AvgIpc) is 3.48. The smallest absolute Gasteiger partial charge is 0.180 e. The number of nitrogens with zero attached hydrogens (tertiary/aromatic N) is 6. The van der Waals surface area contributed by atoms with Crippen LogP contribution in [0.4, 0.5) is 0 Å². The summed E-state index contributed by atoms with van der Waals surface area (Å²) >= 11 is 0. The SMILES string of the molecule is CCCCCCn1nc(C(C)(C)C)nc1Cc1ccc(-c2ccccc2-c2nnn[nH]2)cc1. The Balaban J connectivity index is 1.56. The summed E-state index contributed by atoms with van der Waals surface area (Å²) in [5, 5.41) is 19.2. The van der Waals surface area contributed by atoms with Crippen molar-refractivity contribution in [2.24, 2.45) is 0 Å². The predicted octanol–water partition coefficient (Wildman–Crippen LogP) is 5.59. The van der Waals surface area contributed by atoms with E-state index in [1.54, 1.807) is 0 Å². The van der Waals surface area contributed by atoms with Crippen molar-refractivity contribution in [2.45, 2.75) is 71.8 Å². The molecule has 2 aromatic carbocycles. The molecule has 172 valence electrons. The molecule has 0 fully saturated rings. The zero-order valence-electron chi connectivity index (χ0n) is 20.0. The van der Waals surface area contributed by atoms with Gasteiger partial charge >= 0.3 is 0 Å². The molecule has 0 radical (unpaired) electrons. The van der Waals surface area contributed by atoms with E-state index in [9.17, 15) is 0 Å². The number of benzene rings is 2. The minimum Gasteiger partial charge on any atom is -0.249 e. The number of aryl methyl sites for hydroxylation is 1. The molecular formula is C26H33N7. The van der Waals surface area contributed by atoms with E-state index in [-0.39, 0.29) is 5.41 Å². The van der Waals surface area contributed by atoms with Crippen molar-refractivity contribution in [3.05, 3.63) is 65.7 Å². The van der Waals surface area contributed by atoms with E-state index >= 15 is 0 Å². The second-order valence-electron chi connectivity index (χ2n) is 9.55. The van der Waals surface area contributed by atoms with Gasteiger partial charge < -0.3 is 0 Å². The zero-order valence-corrected chi connectivity index (χ0v) is 20.0.